The van der Waals surface area contributed by atoms with Crippen molar-refractivity contribution in [2.24, 2.45) is 0 Å². The lowest BCUT2D eigenvalue weighted by atomic mass is 10.1. The number of hydrogen-bond donors (Lipinski definition) is 1. The van der Waals surface area contributed by atoms with Gasteiger partial charge in [0, 0.05) is 37.9 Å². The zero-order chi connectivity index (χ0) is 14.8. The van der Waals surface area contributed by atoms with Crippen LogP contribution in [0.4, 0.5) is 10.1 Å². The minimum Gasteiger partial charge on any atom is -0.398 e. The smallest absolute Gasteiger partial charge is 0.256 e. The van der Waals surface area contributed by atoms with E-state index in [0.29, 0.717) is 24.8 Å². The number of halogens is 1. The summed E-state index contributed by atoms with van der Waals surface area (Å²) in [7, 11) is 0. The second-order valence-corrected chi connectivity index (χ2v) is 6.00. The van der Waals surface area contributed by atoms with E-state index in [-0.39, 0.29) is 11.5 Å². The standard InChI is InChI=1S/C16H22FN3O/c17-12-5-6-15(18)14(11-12)16(21)20-9-7-19(8-10-20)13-3-1-2-4-13/h5-6,11,13H,1-4,7-10,18H2. The predicted molar refractivity (Wildman–Crippen MR) is 80.5 cm³/mol. The summed E-state index contributed by atoms with van der Waals surface area (Å²) < 4.78 is 13.3. The highest BCUT2D eigenvalue weighted by atomic mass is 19.1. The molecule has 1 aliphatic carbocycles. The highest BCUT2D eigenvalue weighted by molar-refractivity contribution is 5.99. The molecule has 0 bridgehead atoms. The normalized spacial score (nSPS) is 20.9. The van der Waals surface area contributed by atoms with Gasteiger partial charge >= 0.3 is 0 Å². The number of carbonyl (C=O) groups is 1. The van der Waals surface area contributed by atoms with Gasteiger partial charge in [-0.2, -0.15) is 0 Å². The summed E-state index contributed by atoms with van der Waals surface area (Å²) in [4.78, 5) is 16.7. The summed E-state index contributed by atoms with van der Waals surface area (Å²) in [5.74, 6) is -0.574. The van der Waals surface area contributed by atoms with Crippen LogP contribution in [-0.4, -0.2) is 47.9 Å². The Morgan fingerprint density at radius 1 is 1.14 bits per heavy atom. The number of nitrogens with two attached hydrogens (primary N) is 1. The van der Waals surface area contributed by atoms with Crippen molar-refractivity contribution in [1.29, 1.82) is 0 Å². The number of nitrogen functional groups attached to an aromatic ring is 1. The van der Waals surface area contributed by atoms with Gasteiger partial charge in [0.1, 0.15) is 5.82 Å². The Labute approximate surface area is 124 Å². The number of hydrogen-bond acceptors (Lipinski definition) is 3. The van der Waals surface area contributed by atoms with E-state index in [2.05, 4.69) is 4.90 Å². The second-order valence-electron chi connectivity index (χ2n) is 6.00. The Balaban J connectivity index is 1.63. The molecular formula is C16H22FN3O. The minimum atomic E-state index is -0.419. The van der Waals surface area contributed by atoms with E-state index in [1.165, 1.54) is 43.9 Å². The largest absolute Gasteiger partial charge is 0.398 e. The maximum atomic E-state index is 13.3. The van der Waals surface area contributed by atoms with Crippen LogP contribution in [-0.2, 0) is 0 Å². The first-order valence-electron chi connectivity index (χ1n) is 7.73. The molecule has 0 aromatic heterocycles. The number of piperazine rings is 1. The summed E-state index contributed by atoms with van der Waals surface area (Å²) in [6.45, 7) is 3.22. The molecule has 1 aliphatic heterocycles. The van der Waals surface area contributed by atoms with E-state index in [9.17, 15) is 9.18 Å². The van der Waals surface area contributed by atoms with E-state index in [1.54, 1.807) is 4.90 Å². The van der Waals surface area contributed by atoms with Crippen molar-refractivity contribution in [2.75, 3.05) is 31.9 Å². The predicted octanol–water partition coefficient (Wildman–Crippen LogP) is 2.11. The highest BCUT2D eigenvalue weighted by Crippen LogP contribution is 2.25. The Morgan fingerprint density at radius 3 is 2.48 bits per heavy atom. The molecule has 0 spiro atoms. The van der Waals surface area contributed by atoms with Crippen molar-refractivity contribution in [3.05, 3.63) is 29.6 Å². The van der Waals surface area contributed by atoms with Gasteiger partial charge in [0.05, 0.1) is 5.56 Å². The topological polar surface area (TPSA) is 49.6 Å². The molecule has 21 heavy (non-hydrogen) atoms. The molecule has 1 aromatic rings. The summed E-state index contributed by atoms with van der Waals surface area (Å²) in [5, 5.41) is 0. The molecule has 2 N–H and O–H groups in total. The molecule has 0 unspecified atom stereocenters. The van der Waals surface area contributed by atoms with Crippen molar-refractivity contribution < 1.29 is 9.18 Å². The Bertz CT molecular complexity index is 520. The van der Waals surface area contributed by atoms with Crippen LogP contribution in [0.25, 0.3) is 0 Å². The summed E-state index contributed by atoms with van der Waals surface area (Å²) in [5.41, 5.74) is 6.43. The fraction of sp³-hybridized carbons (Fsp3) is 0.562. The first-order valence-corrected chi connectivity index (χ1v) is 7.73. The van der Waals surface area contributed by atoms with Crippen molar-refractivity contribution in [1.82, 2.24) is 9.80 Å². The molecule has 1 heterocycles. The number of nitrogens with zero attached hydrogens (tertiary/aromatic N) is 2. The monoisotopic (exact) mass is 291 g/mol. The minimum absolute atomic E-state index is 0.155. The lowest BCUT2D eigenvalue weighted by Crippen LogP contribution is -2.51. The number of amides is 1. The van der Waals surface area contributed by atoms with Crippen molar-refractivity contribution in [3.8, 4) is 0 Å². The van der Waals surface area contributed by atoms with Gasteiger partial charge in [0.15, 0.2) is 0 Å². The molecule has 1 saturated heterocycles. The second kappa shape index (κ2) is 6.02. The number of benzene rings is 1. The summed E-state index contributed by atoms with van der Waals surface area (Å²) >= 11 is 0. The third-order valence-corrected chi connectivity index (χ3v) is 4.69. The third kappa shape index (κ3) is 3.02. The highest BCUT2D eigenvalue weighted by Gasteiger charge is 2.28. The first kappa shape index (κ1) is 14.3. The molecular weight excluding hydrogens is 269 g/mol. The van der Waals surface area contributed by atoms with Gasteiger partial charge in [-0.1, -0.05) is 12.8 Å². The summed E-state index contributed by atoms with van der Waals surface area (Å²) in [6.07, 6.45) is 5.21. The fourth-order valence-electron chi connectivity index (χ4n) is 3.44. The maximum Gasteiger partial charge on any atom is 0.256 e. The van der Waals surface area contributed by atoms with Crippen molar-refractivity contribution >= 4 is 11.6 Å². The molecule has 2 fully saturated rings. The molecule has 1 aromatic carbocycles. The van der Waals surface area contributed by atoms with Crippen LogP contribution in [0.2, 0.25) is 0 Å². The van der Waals surface area contributed by atoms with Crippen molar-refractivity contribution in [2.45, 2.75) is 31.7 Å². The molecule has 114 valence electrons. The molecule has 0 radical (unpaired) electrons. The van der Waals surface area contributed by atoms with E-state index in [0.717, 1.165) is 13.1 Å². The lowest BCUT2D eigenvalue weighted by molar-refractivity contribution is 0.0574. The average molecular weight is 291 g/mol. The molecule has 0 atom stereocenters. The number of rotatable bonds is 2. The van der Waals surface area contributed by atoms with Crippen LogP contribution in [0.3, 0.4) is 0 Å². The summed E-state index contributed by atoms with van der Waals surface area (Å²) in [6, 6.07) is 4.67. The van der Waals surface area contributed by atoms with Crippen LogP contribution >= 0.6 is 0 Å². The van der Waals surface area contributed by atoms with E-state index in [4.69, 9.17) is 5.73 Å². The zero-order valence-electron chi connectivity index (χ0n) is 12.2. The van der Waals surface area contributed by atoms with Crippen LogP contribution in [0.5, 0.6) is 0 Å². The lowest BCUT2D eigenvalue weighted by Gasteiger charge is -2.38. The van der Waals surface area contributed by atoms with Crippen molar-refractivity contribution in [3.63, 3.8) is 0 Å². The zero-order valence-corrected chi connectivity index (χ0v) is 12.2. The van der Waals surface area contributed by atoms with Crippen LogP contribution in [0, 0.1) is 5.82 Å². The van der Waals surface area contributed by atoms with Crippen LogP contribution in [0.15, 0.2) is 18.2 Å². The molecule has 4 nitrogen and oxygen atoms in total. The Hall–Kier alpha value is -1.62. The van der Waals surface area contributed by atoms with Crippen LogP contribution < -0.4 is 5.73 Å². The fourth-order valence-corrected chi connectivity index (χ4v) is 3.44. The number of carbonyl (C=O) groups excluding carboxylic acids is 1. The van der Waals surface area contributed by atoms with Gasteiger partial charge in [-0.15, -0.1) is 0 Å². The molecule has 1 amide bonds. The SMILES string of the molecule is Nc1ccc(F)cc1C(=O)N1CCN(C2CCCC2)CC1. The maximum absolute atomic E-state index is 13.3. The Kier molecular flexibility index (Phi) is 4.10. The number of anilines is 1. The molecule has 3 rings (SSSR count). The van der Waals surface area contributed by atoms with Gasteiger partial charge < -0.3 is 10.6 Å². The van der Waals surface area contributed by atoms with E-state index >= 15 is 0 Å². The van der Waals surface area contributed by atoms with Gasteiger partial charge in [-0.25, -0.2) is 4.39 Å². The van der Waals surface area contributed by atoms with Gasteiger partial charge in [0.2, 0.25) is 0 Å². The average Bonchev–Trinajstić information content (AvgIpc) is 3.03. The van der Waals surface area contributed by atoms with E-state index in [1.807, 2.05) is 0 Å². The third-order valence-electron chi connectivity index (χ3n) is 4.69. The van der Waals surface area contributed by atoms with Gasteiger partial charge in [0.25, 0.3) is 5.91 Å². The first-order chi connectivity index (χ1) is 10.1. The molecule has 5 heteroatoms. The quantitative estimate of drug-likeness (QED) is 0.849. The van der Waals surface area contributed by atoms with E-state index < -0.39 is 5.82 Å². The van der Waals surface area contributed by atoms with Gasteiger partial charge in [-0.05, 0) is 31.0 Å². The molecule has 1 saturated carbocycles. The Morgan fingerprint density at radius 2 is 1.81 bits per heavy atom. The van der Waals surface area contributed by atoms with Gasteiger partial charge in [-0.3, -0.25) is 9.69 Å². The molecule has 2 aliphatic rings. The van der Waals surface area contributed by atoms with Crippen LogP contribution in [0.1, 0.15) is 36.0 Å².